The minimum atomic E-state index is -0.0937. The summed E-state index contributed by atoms with van der Waals surface area (Å²) in [6, 6.07) is 62.2. The maximum absolute atomic E-state index is 4.99. The van der Waals surface area contributed by atoms with Gasteiger partial charge in [0.2, 0.25) is 0 Å². The predicted molar refractivity (Wildman–Crippen MR) is 210 cm³/mol. The van der Waals surface area contributed by atoms with Gasteiger partial charge in [-0.05, 0) is 79.9 Å². The molecule has 0 fully saturated rings. The summed E-state index contributed by atoms with van der Waals surface area (Å²) in [6.07, 6.45) is 0. The van der Waals surface area contributed by atoms with Crippen LogP contribution < -0.4 is 0 Å². The van der Waals surface area contributed by atoms with Gasteiger partial charge in [-0.25, -0.2) is 15.0 Å². The standard InChI is InChI=1S/C48H35N3/c1-48(2)43-27-13-12-26-39(43)42-30-40(32-16-6-3-7-17-32)41(31-44(42)48)37-24-14-22-35(28-37)36-23-15-25-38(29-36)47-50-45(33-18-8-4-9-19-33)49-46(51-47)34-20-10-5-11-21-34/h3-31H,1-2H3. The largest absolute Gasteiger partial charge is 0.208 e. The van der Waals surface area contributed by atoms with Gasteiger partial charge in [-0.3, -0.25) is 0 Å². The second kappa shape index (κ2) is 12.5. The summed E-state index contributed by atoms with van der Waals surface area (Å²) in [4.78, 5) is 14.9. The van der Waals surface area contributed by atoms with Crippen molar-refractivity contribution in [3.63, 3.8) is 0 Å². The Hall–Kier alpha value is -6.45. The number of hydrogen-bond acceptors (Lipinski definition) is 3. The molecule has 51 heavy (non-hydrogen) atoms. The van der Waals surface area contributed by atoms with Crippen molar-refractivity contribution < 1.29 is 0 Å². The Balaban J connectivity index is 1.16. The molecule has 0 unspecified atom stereocenters. The lowest BCUT2D eigenvalue weighted by molar-refractivity contribution is 0.660. The van der Waals surface area contributed by atoms with Crippen LogP contribution in [0.15, 0.2) is 176 Å². The molecule has 0 amide bonds. The van der Waals surface area contributed by atoms with Gasteiger partial charge < -0.3 is 0 Å². The number of nitrogens with zero attached hydrogens (tertiary/aromatic N) is 3. The van der Waals surface area contributed by atoms with E-state index in [0.29, 0.717) is 17.5 Å². The van der Waals surface area contributed by atoms with Gasteiger partial charge in [0.15, 0.2) is 17.5 Å². The number of rotatable bonds is 6. The summed E-state index contributed by atoms with van der Waals surface area (Å²) in [7, 11) is 0. The molecule has 1 aliphatic rings. The maximum Gasteiger partial charge on any atom is 0.164 e. The molecule has 242 valence electrons. The van der Waals surface area contributed by atoms with Crippen LogP contribution in [0.5, 0.6) is 0 Å². The molecule has 0 atom stereocenters. The Morgan fingerprint density at radius 2 is 0.725 bits per heavy atom. The highest BCUT2D eigenvalue weighted by Crippen LogP contribution is 2.52. The first-order chi connectivity index (χ1) is 25.0. The second-order valence-electron chi connectivity index (χ2n) is 13.7. The lowest BCUT2D eigenvalue weighted by Crippen LogP contribution is -2.15. The lowest BCUT2D eigenvalue weighted by Gasteiger charge is -2.23. The Morgan fingerprint density at radius 3 is 1.33 bits per heavy atom. The van der Waals surface area contributed by atoms with Gasteiger partial charge in [0.05, 0.1) is 0 Å². The highest BCUT2D eigenvalue weighted by Gasteiger charge is 2.36. The zero-order valence-corrected chi connectivity index (χ0v) is 28.6. The Bertz CT molecular complexity index is 2480. The monoisotopic (exact) mass is 653 g/mol. The minimum absolute atomic E-state index is 0.0937. The van der Waals surface area contributed by atoms with Crippen LogP contribution in [-0.4, -0.2) is 15.0 Å². The molecule has 7 aromatic carbocycles. The second-order valence-corrected chi connectivity index (χ2v) is 13.7. The van der Waals surface area contributed by atoms with Crippen LogP contribution in [0.25, 0.3) is 78.7 Å². The number of aromatic nitrogens is 3. The van der Waals surface area contributed by atoms with Crippen molar-refractivity contribution in [2.45, 2.75) is 19.3 Å². The maximum atomic E-state index is 4.99. The molecular weight excluding hydrogens is 619 g/mol. The third kappa shape index (κ3) is 5.53. The third-order valence-electron chi connectivity index (χ3n) is 10.1. The first-order valence-corrected chi connectivity index (χ1v) is 17.4. The van der Waals surface area contributed by atoms with Gasteiger partial charge in [0.25, 0.3) is 0 Å². The molecule has 0 bridgehead atoms. The van der Waals surface area contributed by atoms with Crippen LogP contribution in [-0.2, 0) is 5.41 Å². The van der Waals surface area contributed by atoms with Crippen LogP contribution in [0.4, 0.5) is 0 Å². The van der Waals surface area contributed by atoms with Crippen LogP contribution in [0, 0.1) is 0 Å². The zero-order valence-electron chi connectivity index (χ0n) is 28.6. The molecule has 1 heterocycles. The van der Waals surface area contributed by atoms with Gasteiger partial charge in [0, 0.05) is 22.1 Å². The zero-order chi connectivity index (χ0) is 34.4. The van der Waals surface area contributed by atoms with Crippen LogP contribution in [0.3, 0.4) is 0 Å². The van der Waals surface area contributed by atoms with Crippen molar-refractivity contribution in [2.24, 2.45) is 0 Å². The number of hydrogen-bond donors (Lipinski definition) is 0. The van der Waals surface area contributed by atoms with E-state index in [1.54, 1.807) is 0 Å². The Morgan fingerprint density at radius 1 is 0.294 bits per heavy atom. The molecule has 1 aliphatic carbocycles. The molecule has 9 rings (SSSR count). The third-order valence-corrected chi connectivity index (χ3v) is 10.1. The summed E-state index contributed by atoms with van der Waals surface area (Å²) < 4.78 is 0. The number of fused-ring (bicyclic) bond motifs is 3. The van der Waals surface area contributed by atoms with E-state index in [1.807, 2.05) is 60.7 Å². The first-order valence-electron chi connectivity index (χ1n) is 17.4. The molecule has 3 heteroatoms. The van der Waals surface area contributed by atoms with Gasteiger partial charge in [-0.1, -0.05) is 166 Å². The van der Waals surface area contributed by atoms with Crippen molar-refractivity contribution >= 4 is 0 Å². The van der Waals surface area contributed by atoms with E-state index in [2.05, 4.69) is 129 Å². The summed E-state index contributed by atoms with van der Waals surface area (Å²) in [5.74, 6) is 1.96. The fraction of sp³-hybridized carbons (Fsp3) is 0.0625. The normalized spacial score (nSPS) is 12.7. The molecule has 0 radical (unpaired) electrons. The molecule has 0 aliphatic heterocycles. The van der Waals surface area contributed by atoms with Gasteiger partial charge in [-0.15, -0.1) is 0 Å². The van der Waals surface area contributed by atoms with E-state index < -0.39 is 0 Å². The van der Waals surface area contributed by atoms with Crippen molar-refractivity contribution in [2.75, 3.05) is 0 Å². The van der Waals surface area contributed by atoms with E-state index in [4.69, 9.17) is 15.0 Å². The summed E-state index contributed by atoms with van der Waals surface area (Å²) in [5.41, 5.74) is 15.3. The molecular formula is C48H35N3. The van der Waals surface area contributed by atoms with Crippen molar-refractivity contribution in [1.29, 1.82) is 0 Å². The molecule has 0 saturated heterocycles. The Labute approximate surface area is 299 Å². The highest BCUT2D eigenvalue weighted by molar-refractivity contribution is 5.93. The quantitative estimate of drug-likeness (QED) is 0.179. The molecule has 0 spiro atoms. The van der Waals surface area contributed by atoms with E-state index in [-0.39, 0.29) is 5.41 Å². The van der Waals surface area contributed by atoms with Gasteiger partial charge in [-0.2, -0.15) is 0 Å². The Kier molecular flexibility index (Phi) is 7.48. The summed E-state index contributed by atoms with van der Waals surface area (Å²) in [5, 5.41) is 0. The van der Waals surface area contributed by atoms with E-state index in [1.165, 1.54) is 44.5 Å². The van der Waals surface area contributed by atoms with Gasteiger partial charge >= 0.3 is 0 Å². The van der Waals surface area contributed by atoms with Gasteiger partial charge in [0.1, 0.15) is 0 Å². The smallest absolute Gasteiger partial charge is 0.164 e. The van der Waals surface area contributed by atoms with Crippen molar-refractivity contribution in [1.82, 2.24) is 15.0 Å². The fourth-order valence-electron chi connectivity index (χ4n) is 7.48. The van der Waals surface area contributed by atoms with E-state index in [0.717, 1.165) is 27.8 Å². The minimum Gasteiger partial charge on any atom is -0.208 e. The van der Waals surface area contributed by atoms with Crippen LogP contribution >= 0.6 is 0 Å². The SMILES string of the molecule is CC1(C)c2ccccc2-c2cc(-c3ccccc3)c(-c3cccc(-c4cccc(-c5nc(-c6ccccc6)nc(-c6ccccc6)n5)c4)c3)cc21. The van der Waals surface area contributed by atoms with E-state index >= 15 is 0 Å². The highest BCUT2D eigenvalue weighted by atomic mass is 15.0. The van der Waals surface area contributed by atoms with Crippen molar-refractivity contribution in [3.05, 3.63) is 187 Å². The average Bonchev–Trinajstić information content (AvgIpc) is 3.43. The fourth-order valence-corrected chi connectivity index (χ4v) is 7.48. The molecule has 0 saturated carbocycles. The molecule has 3 nitrogen and oxygen atoms in total. The first kappa shape index (κ1) is 30.6. The van der Waals surface area contributed by atoms with E-state index in [9.17, 15) is 0 Å². The average molecular weight is 654 g/mol. The molecule has 1 aromatic heterocycles. The van der Waals surface area contributed by atoms with Crippen LogP contribution in [0.2, 0.25) is 0 Å². The lowest BCUT2D eigenvalue weighted by atomic mass is 9.80. The van der Waals surface area contributed by atoms with Crippen LogP contribution in [0.1, 0.15) is 25.0 Å². The molecule has 8 aromatic rings. The summed E-state index contributed by atoms with van der Waals surface area (Å²) in [6.45, 7) is 4.69. The number of benzene rings is 7. The van der Waals surface area contributed by atoms with Crippen molar-refractivity contribution in [3.8, 4) is 78.7 Å². The summed E-state index contributed by atoms with van der Waals surface area (Å²) >= 11 is 0. The predicted octanol–water partition coefficient (Wildman–Crippen LogP) is 12.2. The molecule has 0 N–H and O–H groups in total. The topological polar surface area (TPSA) is 38.7 Å².